The number of carbonyl (C=O) groups is 2. The van der Waals surface area contributed by atoms with Gasteiger partial charge in [0.2, 0.25) is 0 Å². The van der Waals surface area contributed by atoms with E-state index in [1.807, 2.05) is 18.2 Å². The van der Waals surface area contributed by atoms with Gasteiger partial charge in [-0.25, -0.2) is 0 Å². The molecule has 2 rings (SSSR count). The Morgan fingerprint density at radius 2 is 1.95 bits per heavy atom. The third-order valence-electron chi connectivity index (χ3n) is 2.82. The highest BCUT2D eigenvalue weighted by molar-refractivity contribution is 9.10. The molecule has 1 atom stereocenters. The van der Waals surface area contributed by atoms with Gasteiger partial charge in [0.15, 0.2) is 12.4 Å². The number of para-hydroxylation sites is 1. The zero-order valence-electron chi connectivity index (χ0n) is 11.4. The Balaban J connectivity index is 2.02. The molecule has 0 bridgehead atoms. The summed E-state index contributed by atoms with van der Waals surface area (Å²) in [5.74, 6) is 0.216. The Bertz CT molecular complexity index is 643. The summed E-state index contributed by atoms with van der Waals surface area (Å²) in [6, 6.07) is 14.1. The van der Waals surface area contributed by atoms with E-state index in [-0.39, 0.29) is 5.91 Å². The molecule has 0 aliphatic rings. The van der Waals surface area contributed by atoms with Crippen molar-refractivity contribution in [3.8, 4) is 5.75 Å². The highest BCUT2D eigenvalue weighted by atomic mass is 79.9. The molecule has 0 spiro atoms. The van der Waals surface area contributed by atoms with Crippen LogP contribution in [0.2, 0.25) is 0 Å². The lowest BCUT2D eigenvalue weighted by Crippen LogP contribution is -2.30. The van der Waals surface area contributed by atoms with Gasteiger partial charge < -0.3 is 10.1 Å². The van der Waals surface area contributed by atoms with Crippen LogP contribution >= 0.6 is 15.9 Å². The minimum absolute atomic E-state index is 0.253. The third-order valence-corrected chi connectivity index (χ3v) is 3.54. The Morgan fingerprint density at radius 1 is 1.24 bits per heavy atom. The fourth-order valence-corrected chi connectivity index (χ4v) is 2.05. The van der Waals surface area contributed by atoms with Crippen molar-refractivity contribution in [1.29, 1.82) is 0 Å². The molecule has 0 aliphatic carbocycles. The van der Waals surface area contributed by atoms with Gasteiger partial charge in [-0.2, -0.15) is 0 Å². The zero-order valence-corrected chi connectivity index (χ0v) is 13.0. The molecule has 2 aromatic rings. The topological polar surface area (TPSA) is 55.4 Å². The van der Waals surface area contributed by atoms with Crippen molar-refractivity contribution in [1.82, 2.24) is 0 Å². The van der Waals surface area contributed by atoms with Gasteiger partial charge in [0.25, 0.3) is 5.91 Å². The molecular weight excluding hydrogens is 334 g/mol. The van der Waals surface area contributed by atoms with Crippen LogP contribution in [0.3, 0.4) is 0 Å². The maximum Gasteiger partial charge on any atom is 0.265 e. The fourth-order valence-electron chi connectivity index (χ4n) is 1.71. The van der Waals surface area contributed by atoms with Crippen LogP contribution in [0, 0.1) is 0 Å². The van der Waals surface area contributed by atoms with Gasteiger partial charge >= 0.3 is 0 Å². The van der Waals surface area contributed by atoms with E-state index in [1.54, 1.807) is 37.3 Å². The predicted molar refractivity (Wildman–Crippen MR) is 84.7 cm³/mol. The maximum absolute atomic E-state index is 12.0. The molecule has 0 aliphatic heterocycles. The van der Waals surface area contributed by atoms with E-state index in [1.165, 1.54) is 0 Å². The van der Waals surface area contributed by atoms with Crippen LogP contribution in [0.1, 0.15) is 17.3 Å². The molecular formula is C16H14BrNO3. The van der Waals surface area contributed by atoms with Gasteiger partial charge in [-0.05, 0) is 37.3 Å². The summed E-state index contributed by atoms with van der Waals surface area (Å²) < 4.78 is 6.24. The van der Waals surface area contributed by atoms with E-state index in [0.29, 0.717) is 21.5 Å². The SMILES string of the molecule is CC(Oc1ccc(Br)c(C=O)c1)C(=O)Nc1ccccc1. The minimum Gasteiger partial charge on any atom is -0.481 e. The van der Waals surface area contributed by atoms with Crippen LogP contribution < -0.4 is 10.1 Å². The van der Waals surface area contributed by atoms with E-state index in [9.17, 15) is 9.59 Å². The molecule has 108 valence electrons. The maximum atomic E-state index is 12.0. The molecule has 1 N–H and O–H groups in total. The van der Waals surface area contributed by atoms with Gasteiger partial charge in [0, 0.05) is 15.7 Å². The number of hydrogen-bond acceptors (Lipinski definition) is 3. The van der Waals surface area contributed by atoms with Crippen molar-refractivity contribution in [2.45, 2.75) is 13.0 Å². The first-order valence-electron chi connectivity index (χ1n) is 6.37. The van der Waals surface area contributed by atoms with E-state index in [4.69, 9.17) is 4.74 Å². The van der Waals surface area contributed by atoms with Gasteiger partial charge in [-0.3, -0.25) is 9.59 Å². The fraction of sp³-hybridized carbons (Fsp3) is 0.125. The molecule has 0 radical (unpaired) electrons. The van der Waals surface area contributed by atoms with E-state index in [0.717, 1.165) is 6.29 Å². The van der Waals surface area contributed by atoms with Crippen molar-refractivity contribution < 1.29 is 14.3 Å². The van der Waals surface area contributed by atoms with E-state index >= 15 is 0 Å². The van der Waals surface area contributed by atoms with Crippen molar-refractivity contribution >= 4 is 33.8 Å². The summed E-state index contributed by atoms with van der Waals surface area (Å²) >= 11 is 3.26. The van der Waals surface area contributed by atoms with Crippen LogP contribution in [0.4, 0.5) is 5.69 Å². The van der Waals surface area contributed by atoms with Crippen molar-refractivity contribution in [2.75, 3.05) is 5.32 Å². The van der Waals surface area contributed by atoms with E-state index in [2.05, 4.69) is 21.2 Å². The molecule has 0 fully saturated rings. The number of carbonyl (C=O) groups excluding carboxylic acids is 2. The Morgan fingerprint density at radius 3 is 2.62 bits per heavy atom. The molecule has 1 amide bonds. The van der Waals surface area contributed by atoms with E-state index < -0.39 is 6.10 Å². The number of amides is 1. The number of halogens is 1. The largest absolute Gasteiger partial charge is 0.481 e. The van der Waals surface area contributed by atoms with Crippen molar-refractivity contribution in [3.63, 3.8) is 0 Å². The molecule has 0 heterocycles. The molecule has 0 saturated heterocycles. The lowest BCUT2D eigenvalue weighted by Gasteiger charge is -2.15. The summed E-state index contributed by atoms with van der Waals surface area (Å²) in [5.41, 5.74) is 1.19. The molecule has 0 saturated carbocycles. The minimum atomic E-state index is -0.675. The van der Waals surface area contributed by atoms with Gasteiger partial charge in [0.1, 0.15) is 5.75 Å². The smallest absolute Gasteiger partial charge is 0.265 e. The Hall–Kier alpha value is -2.14. The third kappa shape index (κ3) is 4.16. The molecule has 4 nitrogen and oxygen atoms in total. The van der Waals surface area contributed by atoms with Gasteiger partial charge in [-0.15, -0.1) is 0 Å². The Kier molecular flexibility index (Phi) is 5.11. The normalized spacial score (nSPS) is 11.5. The molecule has 21 heavy (non-hydrogen) atoms. The number of anilines is 1. The quantitative estimate of drug-likeness (QED) is 0.839. The first kappa shape index (κ1) is 15.3. The van der Waals surface area contributed by atoms with Gasteiger partial charge in [0.05, 0.1) is 0 Å². The monoisotopic (exact) mass is 347 g/mol. The number of ether oxygens (including phenoxy) is 1. The first-order valence-corrected chi connectivity index (χ1v) is 7.17. The highest BCUT2D eigenvalue weighted by Crippen LogP contribution is 2.22. The predicted octanol–water partition coefficient (Wildman–Crippen LogP) is 3.67. The van der Waals surface area contributed by atoms with Crippen LogP contribution in [-0.4, -0.2) is 18.3 Å². The molecule has 1 unspecified atom stereocenters. The summed E-state index contributed by atoms with van der Waals surface area (Å²) in [6.07, 6.45) is 0.0527. The summed E-state index contributed by atoms with van der Waals surface area (Å²) in [7, 11) is 0. The lowest BCUT2D eigenvalue weighted by atomic mass is 10.2. The number of hydrogen-bond donors (Lipinski definition) is 1. The van der Waals surface area contributed by atoms with Crippen LogP contribution in [-0.2, 0) is 4.79 Å². The van der Waals surface area contributed by atoms with Crippen molar-refractivity contribution in [3.05, 3.63) is 58.6 Å². The lowest BCUT2D eigenvalue weighted by molar-refractivity contribution is -0.122. The molecule has 0 aromatic heterocycles. The second kappa shape index (κ2) is 7.04. The summed E-state index contributed by atoms with van der Waals surface area (Å²) in [4.78, 5) is 22.9. The number of benzene rings is 2. The summed E-state index contributed by atoms with van der Waals surface area (Å²) in [6.45, 7) is 1.65. The second-order valence-electron chi connectivity index (χ2n) is 4.42. The molecule has 5 heteroatoms. The average molecular weight is 348 g/mol. The standard InChI is InChI=1S/C16H14BrNO3/c1-11(16(20)18-13-5-3-2-4-6-13)21-14-7-8-15(17)12(9-14)10-19/h2-11H,1H3,(H,18,20). The number of aldehydes is 1. The van der Waals surface area contributed by atoms with Crippen LogP contribution in [0.5, 0.6) is 5.75 Å². The Labute approximate surface area is 131 Å². The number of rotatable bonds is 5. The van der Waals surface area contributed by atoms with Gasteiger partial charge in [-0.1, -0.05) is 34.1 Å². The van der Waals surface area contributed by atoms with Crippen LogP contribution in [0.15, 0.2) is 53.0 Å². The average Bonchev–Trinajstić information content (AvgIpc) is 2.50. The highest BCUT2D eigenvalue weighted by Gasteiger charge is 2.15. The van der Waals surface area contributed by atoms with Crippen molar-refractivity contribution in [2.24, 2.45) is 0 Å². The zero-order chi connectivity index (χ0) is 15.2. The summed E-state index contributed by atoms with van der Waals surface area (Å²) in [5, 5.41) is 2.76. The van der Waals surface area contributed by atoms with Crippen LogP contribution in [0.25, 0.3) is 0 Å². The first-order chi connectivity index (χ1) is 10.1. The molecule has 2 aromatic carbocycles. The second-order valence-corrected chi connectivity index (χ2v) is 5.27. The number of nitrogens with one attached hydrogen (secondary N) is 1.